The largest absolute Gasteiger partial charge is 0.389 e. The summed E-state index contributed by atoms with van der Waals surface area (Å²) in [5, 5.41) is 26.7. The molecule has 0 radical (unpaired) electrons. The quantitative estimate of drug-likeness (QED) is 0.596. The molecule has 0 unspecified atom stereocenters. The lowest BCUT2D eigenvalue weighted by Gasteiger charge is -2.37. The molecular weight excluding hydrogens is 252 g/mol. The van der Waals surface area contributed by atoms with Gasteiger partial charge in [0.1, 0.15) is 6.54 Å². The number of hydrogen-bond donors (Lipinski definition) is 2. The Morgan fingerprint density at radius 3 is 2.53 bits per heavy atom. The average molecular weight is 270 g/mol. The van der Waals surface area contributed by atoms with Crippen molar-refractivity contribution in [1.82, 2.24) is 15.1 Å². The number of carbonyl (C=O) groups excluding carboxylic acids is 1. The first-order chi connectivity index (χ1) is 8.53. The van der Waals surface area contributed by atoms with E-state index in [1.165, 1.54) is 16.9 Å². The number of aliphatic hydroxyl groups is 1. The molecule has 0 aliphatic rings. The molecule has 1 rings (SSSR count). The molecule has 0 bridgehead atoms. The molecule has 0 saturated heterocycles. The van der Waals surface area contributed by atoms with Crippen LogP contribution in [0.4, 0.5) is 5.82 Å². The van der Waals surface area contributed by atoms with Crippen molar-refractivity contribution < 1.29 is 14.8 Å². The molecule has 106 valence electrons. The summed E-state index contributed by atoms with van der Waals surface area (Å²) in [5.74, 6) is -0.695. The van der Waals surface area contributed by atoms with Crippen molar-refractivity contribution in [3.63, 3.8) is 0 Å². The Morgan fingerprint density at radius 1 is 1.53 bits per heavy atom. The Kier molecular flexibility index (Phi) is 3.94. The van der Waals surface area contributed by atoms with Crippen LogP contribution in [-0.4, -0.2) is 36.9 Å². The van der Waals surface area contributed by atoms with Crippen LogP contribution >= 0.6 is 0 Å². The van der Waals surface area contributed by atoms with E-state index in [0.29, 0.717) is 0 Å². The van der Waals surface area contributed by atoms with E-state index < -0.39 is 16.1 Å². The molecule has 0 aliphatic heterocycles. The number of rotatable bonds is 5. The Labute approximate surface area is 110 Å². The highest BCUT2D eigenvalue weighted by atomic mass is 16.6. The molecule has 1 amide bonds. The first kappa shape index (κ1) is 15.1. The molecule has 0 fully saturated rings. The number of carbonyl (C=O) groups is 1. The van der Waals surface area contributed by atoms with Crippen LogP contribution in [0.3, 0.4) is 0 Å². The van der Waals surface area contributed by atoms with Crippen LogP contribution in [0.25, 0.3) is 0 Å². The van der Waals surface area contributed by atoms with Gasteiger partial charge < -0.3 is 20.5 Å². The van der Waals surface area contributed by atoms with Gasteiger partial charge in [-0.2, -0.15) is 4.68 Å². The summed E-state index contributed by atoms with van der Waals surface area (Å²) in [5.41, 5.74) is -1.93. The normalized spacial score (nSPS) is 12.3. The number of nitrogens with zero attached hydrogens (tertiary/aromatic N) is 3. The molecule has 1 aromatic heterocycles. The van der Waals surface area contributed by atoms with Gasteiger partial charge in [0.2, 0.25) is 5.91 Å². The van der Waals surface area contributed by atoms with E-state index in [9.17, 15) is 20.0 Å². The number of hydrogen-bond acceptors (Lipinski definition) is 5. The van der Waals surface area contributed by atoms with E-state index in [4.69, 9.17) is 0 Å². The van der Waals surface area contributed by atoms with Crippen LogP contribution in [0.1, 0.15) is 27.7 Å². The van der Waals surface area contributed by atoms with Crippen LogP contribution in [0.5, 0.6) is 0 Å². The minimum absolute atomic E-state index is 0.145. The summed E-state index contributed by atoms with van der Waals surface area (Å²) in [6, 6.07) is 1.22. The maximum Gasteiger partial charge on any atom is 0.389 e. The minimum Gasteiger partial charge on any atom is -0.388 e. The van der Waals surface area contributed by atoms with Crippen molar-refractivity contribution in [2.24, 2.45) is 0 Å². The second-order valence-corrected chi connectivity index (χ2v) is 5.36. The van der Waals surface area contributed by atoms with E-state index in [1.807, 2.05) is 0 Å². The summed E-state index contributed by atoms with van der Waals surface area (Å²) >= 11 is 0. The Bertz CT molecular complexity index is 487. The molecule has 1 aromatic rings. The molecule has 2 N–H and O–H groups in total. The third-order valence-corrected chi connectivity index (χ3v) is 3.10. The van der Waals surface area contributed by atoms with Gasteiger partial charge in [-0.05, 0) is 32.6 Å². The zero-order valence-electron chi connectivity index (χ0n) is 11.4. The lowest BCUT2D eigenvalue weighted by Crippen LogP contribution is -2.58. The maximum absolute atomic E-state index is 11.8. The van der Waals surface area contributed by atoms with Crippen molar-refractivity contribution in [2.45, 2.75) is 45.4 Å². The van der Waals surface area contributed by atoms with Gasteiger partial charge in [-0.25, -0.2) is 0 Å². The van der Waals surface area contributed by atoms with Gasteiger partial charge in [-0.3, -0.25) is 4.79 Å². The second kappa shape index (κ2) is 4.96. The highest BCUT2D eigenvalue weighted by Crippen LogP contribution is 2.20. The molecule has 19 heavy (non-hydrogen) atoms. The standard InChI is InChI=1S/C11H18N4O4/c1-10(2,11(3,4)17)12-9(16)7-14-6-5-8(13-14)15(18)19/h5-6,17H,7H2,1-4H3,(H,12,16). The fourth-order valence-electron chi connectivity index (χ4n) is 1.22. The van der Waals surface area contributed by atoms with E-state index in [1.54, 1.807) is 27.7 Å². The summed E-state index contributed by atoms with van der Waals surface area (Å²) in [6.07, 6.45) is 1.36. The SMILES string of the molecule is CC(C)(O)C(C)(C)NC(=O)Cn1ccc([N+](=O)[O-])n1. The lowest BCUT2D eigenvalue weighted by atomic mass is 9.86. The van der Waals surface area contributed by atoms with Gasteiger partial charge in [0.05, 0.1) is 28.5 Å². The molecule has 8 nitrogen and oxygen atoms in total. The van der Waals surface area contributed by atoms with Gasteiger partial charge in [0.25, 0.3) is 0 Å². The maximum atomic E-state index is 11.8. The summed E-state index contributed by atoms with van der Waals surface area (Å²) < 4.78 is 1.17. The van der Waals surface area contributed by atoms with Crippen molar-refractivity contribution in [3.8, 4) is 0 Å². The molecule has 0 aliphatic carbocycles. The predicted molar refractivity (Wildman–Crippen MR) is 67.4 cm³/mol. The fourth-order valence-corrected chi connectivity index (χ4v) is 1.22. The lowest BCUT2D eigenvalue weighted by molar-refractivity contribution is -0.389. The zero-order valence-corrected chi connectivity index (χ0v) is 11.4. The fraction of sp³-hybridized carbons (Fsp3) is 0.636. The monoisotopic (exact) mass is 270 g/mol. The van der Waals surface area contributed by atoms with E-state index >= 15 is 0 Å². The van der Waals surface area contributed by atoms with Crippen molar-refractivity contribution in [1.29, 1.82) is 0 Å². The Hall–Kier alpha value is -1.96. The van der Waals surface area contributed by atoms with Gasteiger partial charge in [-0.15, -0.1) is 0 Å². The third kappa shape index (κ3) is 3.75. The molecular formula is C11H18N4O4. The molecule has 0 aromatic carbocycles. The average Bonchev–Trinajstić information content (AvgIpc) is 2.63. The number of amides is 1. The Balaban J connectivity index is 2.68. The van der Waals surface area contributed by atoms with E-state index in [2.05, 4.69) is 10.4 Å². The highest BCUT2D eigenvalue weighted by molar-refractivity contribution is 5.76. The minimum atomic E-state index is -1.10. The van der Waals surface area contributed by atoms with Gasteiger partial charge in [-0.1, -0.05) is 0 Å². The van der Waals surface area contributed by atoms with Crippen molar-refractivity contribution in [3.05, 3.63) is 22.4 Å². The van der Waals surface area contributed by atoms with Crippen molar-refractivity contribution >= 4 is 11.7 Å². The summed E-state index contributed by atoms with van der Waals surface area (Å²) in [4.78, 5) is 21.6. The van der Waals surface area contributed by atoms with Crippen LogP contribution in [0, 0.1) is 10.1 Å². The van der Waals surface area contributed by atoms with Crippen LogP contribution in [-0.2, 0) is 11.3 Å². The van der Waals surface area contributed by atoms with Crippen molar-refractivity contribution in [2.75, 3.05) is 0 Å². The molecule has 8 heteroatoms. The van der Waals surface area contributed by atoms with Crippen LogP contribution < -0.4 is 5.32 Å². The third-order valence-electron chi connectivity index (χ3n) is 3.10. The summed E-state index contributed by atoms with van der Waals surface area (Å²) in [7, 11) is 0. The zero-order chi connectivity index (χ0) is 14.8. The first-order valence-electron chi connectivity index (χ1n) is 5.74. The second-order valence-electron chi connectivity index (χ2n) is 5.36. The van der Waals surface area contributed by atoms with Gasteiger partial charge in [0.15, 0.2) is 0 Å². The smallest absolute Gasteiger partial charge is 0.388 e. The molecule has 0 atom stereocenters. The molecule has 1 heterocycles. The van der Waals surface area contributed by atoms with E-state index in [-0.39, 0.29) is 18.3 Å². The number of nitrogens with one attached hydrogen (secondary N) is 1. The molecule has 0 saturated carbocycles. The van der Waals surface area contributed by atoms with Gasteiger partial charge >= 0.3 is 5.82 Å². The Morgan fingerprint density at radius 2 is 2.11 bits per heavy atom. The molecule has 0 spiro atoms. The number of nitro groups is 1. The highest BCUT2D eigenvalue weighted by Gasteiger charge is 2.36. The first-order valence-corrected chi connectivity index (χ1v) is 5.74. The van der Waals surface area contributed by atoms with Crippen LogP contribution in [0.15, 0.2) is 12.3 Å². The number of aromatic nitrogens is 2. The topological polar surface area (TPSA) is 110 Å². The summed E-state index contributed by atoms with van der Waals surface area (Å²) in [6.45, 7) is 6.41. The van der Waals surface area contributed by atoms with Crippen LogP contribution in [0.2, 0.25) is 0 Å². The van der Waals surface area contributed by atoms with Gasteiger partial charge in [0, 0.05) is 0 Å². The predicted octanol–water partition coefficient (Wildman–Crippen LogP) is 0.457. The van der Waals surface area contributed by atoms with E-state index in [0.717, 1.165) is 0 Å².